The third-order valence-corrected chi connectivity index (χ3v) is 2.37. The van der Waals surface area contributed by atoms with Crippen molar-refractivity contribution in [2.75, 3.05) is 5.43 Å². The number of aromatic nitrogens is 3. The van der Waals surface area contributed by atoms with Crippen LogP contribution in [0.25, 0.3) is 0 Å². The molecular formula is C7H5F3N4S. The van der Waals surface area contributed by atoms with Crippen molar-refractivity contribution in [2.45, 2.75) is 6.18 Å². The molecule has 2 aromatic rings. The molecule has 15 heavy (non-hydrogen) atoms. The van der Waals surface area contributed by atoms with E-state index >= 15 is 0 Å². The van der Waals surface area contributed by atoms with E-state index < -0.39 is 11.2 Å². The maximum atomic E-state index is 12.2. The summed E-state index contributed by atoms with van der Waals surface area (Å²) in [7, 11) is 0. The molecule has 2 aromatic heterocycles. The average molecular weight is 234 g/mol. The Morgan fingerprint density at radius 3 is 2.40 bits per heavy atom. The summed E-state index contributed by atoms with van der Waals surface area (Å²) in [6.45, 7) is 0. The van der Waals surface area contributed by atoms with Crippen LogP contribution in [-0.2, 0) is 6.18 Å². The van der Waals surface area contributed by atoms with Crippen LogP contribution in [0.5, 0.6) is 0 Å². The minimum Gasteiger partial charge on any atom is -0.269 e. The molecule has 0 aliphatic heterocycles. The first-order valence-electron chi connectivity index (χ1n) is 3.86. The molecular weight excluding hydrogens is 229 g/mol. The second-order valence-electron chi connectivity index (χ2n) is 2.61. The molecule has 2 heterocycles. The van der Waals surface area contributed by atoms with Gasteiger partial charge in [0.05, 0.1) is 0 Å². The van der Waals surface area contributed by atoms with Gasteiger partial charge in [-0.1, -0.05) is 11.3 Å². The highest BCUT2D eigenvalue weighted by Gasteiger charge is 2.35. The van der Waals surface area contributed by atoms with Gasteiger partial charge in [-0.05, 0) is 12.1 Å². The molecule has 0 saturated carbocycles. The van der Waals surface area contributed by atoms with Gasteiger partial charge < -0.3 is 0 Å². The summed E-state index contributed by atoms with van der Waals surface area (Å²) in [4.78, 5) is 0. The van der Waals surface area contributed by atoms with Crippen LogP contribution >= 0.6 is 11.3 Å². The van der Waals surface area contributed by atoms with Crippen LogP contribution in [0, 0.1) is 0 Å². The van der Waals surface area contributed by atoms with Crippen molar-refractivity contribution < 1.29 is 13.2 Å². The number of rotatable bonds is 2. The summed E-state index contributed by atoms with van der Waals surface area (Å²) in [5.41, 5.74) is 2.64. The van der Waals surface area contributed by atoms with Crippen molar-refractivity contribution in [3.05, 3.63) is 29.5 Å². The van der Waals surface area contributed by atoms with Crippen LogP contribution in [0.15, 0.2) is 24.5 Å². The molecule has 2 rings (SSSR count). The maximum absolute atomic E-state index is 12.2. The van der Waals surface area contributed by atoms with Crippen molar-refractivity contribution >= 4 is 16.5 Å². The van der Waals surface area contributed by atoms with E-state index in [0.29, 0.717) is 11.3 Å². The topological polar surface area (TPSA) is 42.7 Å². The number of hydrogen-bond donors (Lipinski definition) is 1. The third-order valence-electron chi connectivity index (χ3n) is 1.50. The van der Waals surface area contributed by atoms with Gasteiger partial charge in [0.2, 0.25) is 10.1 Å². The highest BCUT2D eigenvalue weighted by atomic mass is 32.1. The molecule has 0 aliphatic carbocycles. The maximum Gasteiger partial charge on any atom is 0.445 e. The number of nitrogens with one attached hydrogen (secondary N) is 1. The lowest BCUT2D eigenvalue weighted by molar-refractivity contribution is -0.138. The number of alkyl halides is 3. The molecule has 0 aromatic carbocycles. The first kappa shape index (κ1) is 9.97. The summed E-state index contributed by atoms with van der Waals surface area (Å²) in [6, 6.07) is 3.47. The molecule has 80 valence electrons. The summed E-state index contributed by atoms with van der Waals surface area (Å²) >= 11 is 0.459. The molecule has 1 N–H and O–H groups in total. The second kappa shape index (κ2) is 3.54. The number of hydrogen-bond acceptors (Lipinski definition) is 4. The Morgan fingerprint density at radius 1 is 1.20 bits per heavy atom. The van der Waals surface area contributed by atoms with Gasteiger partial charge in [-0.2, -0.15) is 13.2 Å². The van der Waals surface area contributed by atoms with Crippen LogP contribution in [0.3, 0.4) is 0 Å². The van der Waals surface area contributed by atoms with E-state index in [1.165, 1.54) is 4.68 Å². The smallest absolute Gasteiger partial charge is 0.269 e. The van der Waals surface area contributed by atoms with Gasteiger partial charge in [0.25, 0.3) is 0 Å². The van der Waals surface area contributed by atoms with Gasteiger partial charge in [-0.15, -0.1) is 10.2 Å². The highest BCUT2D eigenvalue weighted by Crippen LogP contribution is 2.32. The number of anilines is 1. The monoisotopic (exact) mass is 234 g/mol. The normalized spacial score (nSPS) is 11.7. The molecule has 0 atom stereocenters. The minimum atomic E-state index is -4.44. The summed E-state index contributed by atoms with van der Waals surface area (Å²) in [6.07, 6.45) is -1.14. The molecule has 0 spiro atoms. The lowest BCUT2D eigenvalue weighted by Crippen LogP contribution is -2.04. The van der Waals surface area contributed by atoms with Crippen molar-refractivity contribution in [2.24, 2.45) is 0 Å². The SMILES string of the molecule is FC(F)(F)c1nnc(Nn2cccc2)s1. The molecule has 0 aliphatic rings. The fourth-order valence-electron chi connectivity index (χ4n) is 0.902. The van der Waals surface area contributed by atoms with Crippen molar-refractivity contribution in [3.8, 4) is 0 Å². The predicted molar refractivity (Wildman–Crippen MR) is 48.4 cm³/mol. The van der Waals surface area contributed by atoms with E-state index in [1.54, 1.807) is 24.5 Å². The van der Waals surface area contributed by atoms with Crippen LogP contribution in [0.2, 0.25) is 0 Å². The summed E-state index contributed by atoms with van der Waals surface area (Å²) in [5, 5.41) is 5.54. The molecule has 0 radical (unpaired) electrons. The minimum absolute atomic E-state index is 0.0959. The van der Waals surface area contributed by atoms with Gasteiger partial charge in [0.15, 0.2) is 0 Å². The van der Waals surface area contributed by atoms with Crippen molar-refractivity contribution in [3.63, 3.8) is 0 Å². The Labute approximate surface area is 86.3 Å². The van der Waals surface area contributed by atoms with E-state index in [9.17, 15) is 13.2 Å². The van der Waals surface area contributed by atoms with Gasteiger partial charge in [0.1, 0.15) is 0 Å². The quantitative estimate of drug-likeness (QED) is 0.866. The Hall–Kier alpha value is -1.57. The van der Waals surface area contributed by atoms with Crippen LogP contribution in [0.4, 0.5) is 18.3 Å². The Morgan fingerprint density at radius 2 is 1.87 bits per heavy atom. The zero-order valence-corrected chi connectivity index (χ0v) is 8.01. The fraction of sp³-hybridized carbons (Fsp3) is 0.143. The van der Waals surface area contributed by atoms with E-state index in [0.717, 1.165) is 0 Å². The molecule has 0 fully saturated rings. The molecule has 8 heteroatoms. The van der Waals surface area contributed by atoms with Crippen LogP contribution in [-0.4, -0.2) is 14.9 Å². The van der Waals surface area contributed by atoms with E-state index in [1.807, 2.05) is 0 Å². The highest BCUT2D eigenvalue weighted by molar-refractivity contribution is 7.15. The van der Waals surface area contributed by atoms with E-state index in [4.69, 9.17) is 0 Å². The van der Waals surface area contributed by atoms with Crippen molar-refractivity contribution in [1.82, 2.24) is 14.9 Å². The first-order valence-corrected chi connectivity index (χ1v) is 4.68. The van der Waals surface area contributed by atoms with Gasteiger partial charge in [-0.3, -0.25) is 10.1 Å². The zero-order valence-electron chi connectivity index (χ0n) is 7.19. The van der Waals surface area contributed by atoms with Crippen LogP contribution in [0.1, 0.15) is 5.01 Å². The predicted octanol–water partition coefficient (Wildman–Crippen LogP) is 2.23. The second-order valence-corrected chi connectivity index (χ2v) is 3.59. The van der Waals surface area contributed by atoms with Crippen LogP contribution < -0.4 is 5.43 Å². The summed E-state index contributed by atoms with van der Waals surface area (Å²) in [5.74, 6) is 0. The Bertz CT molecular complexity index is 433. The molecule has 0 amide bonds. The van der Waals surface area contributed by atoms with E-state index in [-0.39, 0.29) is 5.13 Å². The summed E-state index contributed by atoms with van der Waals surface area (Å²) < 4.78 is 37.9. The zero-order chi connectivity index (χ0) is 10.9. The Kier molecular flexibility index (Phi) is 2.35. The largest absolute Gasteiger partial charge is 0.445 e. The molecule has 0 unspecified atom stereocenters. The van der Waals surface area contributed by atoms with Gasteiger partial charge in [0, 0.05) is 12.4 Å². The lowest BCUT2D eigenvalue weighted by Gasteiger charge is -2.01. The fourth-order valence-corrected chi connectivity index (χ4v) is 1.52. The number of nitrogens with zero attached hydrogens (tertiary/aromatic N) is 3. The standard InChI is InChI=1S/C7H5F3N4S/c8-7(9,10)5-11-12-6(15-5)13-14-3-1-2-4-14/h1-4H,(H,12,13). The first-order chi connectivity index (χ1) is 7.05. The molecule has 0 saturated heterocycles. The Balaban J connectivity index is 2.15. The lowest BCUT2D eigenvalue weighted by atomic mass is 10.7. The molecule has 0 bridgehead atoms. The number of halogens is 3. The van der Waals surface area contributed by atoms with Gasteiger partial charge in [-0.25, -0.2) is 0 Å². The average Bonchev–Trinajstić information content (AvgIpc) is 2.73. The van der Waals surface area contributed by atoms with Crippen molar-refractivity contribution in [1.29, 1.82) is 0 Å². The molecule has 4 nitrogen and oxygen atoms in total. The third kappa shape index (κ3) is 2.27. The van der Waals surface area contributed by atoms with Gasteiger partial charge >= 0.3 is 6.18 Å². The van der Waals surface area contributed by atoms with E-state index in [2.05, 4.69) is 15.6 Å².